The lowest BCUT2D eigenvalue weighted by atomic mass is 10.2. The molecule has 2 aromatic carbocycles. The second-order valence-corrected chi connectivity index (χ2v) is 5.64. The van der Waals surface area contributed by atoms with E-state index in [4.69, 9.17) is 23.1 Å². The van der Waals surface area contributed by atoms with Gasteiger partial charge in [-0.1, -0.05) is 18.2 Å². The minimum atomic E-state index is -4.94. The standard InChI is InChI=1S/C13H8O2S.ClHO4/c14-10-6-7-11-12(8-10)16-13(15-11)9-4-2-1-3-5-9;2-1(3,4)5/h1-8H;(H,2,3,4,5). The highest BCUT2D eigenvalue weighted by Crippen LogP contribution is 2.34. The fourth-order valence-electron chi connectivity index (χ4n) is 1.57. The van der Waals surface area contributed by atoms with Crippen LogP contribution < -0.4 is 18.6 Å². The smallest absolute Gasteiger partial charge is 0.418 e. The maximum absolute atomic E-state index is 9.38. The third-order valence-electron chi connectivity index (χ3n) is 2.34. The number of phenolic OH excluding ortho intramolecular Hbond substituents is 1. The van der Waals surface area contributed by atoms with Crippen molar-refractivity contribution in [1.29, 1.82) is 0 Å². The van der Waals surface area contributed by atoms with Crippen LogP contribution in [-0.2, 0) is 0 Å². The number of fused-ring (bicyclic) bond motifs is 1. The van der Waals surface area contributed by atoms with E-state index in [1.165, 1.54) is 11.3 Å². The molecule has 0 aliphatic carbocycles. The van der Waals surface area contributed by atoms with E-state index in [1.807, 2.05) is 30.3 Å². The van der Waals surface area contributed by atoms with Crippen LogP contribution in [0.1, 0.15) is 0 Å². The second kappa shape index (κ2) is 6.35. The van der Waals surface area contributed by atoms with Crippen molar-refractivity contribution < 1.29 is 38.4 Å². The quantitative estimate of drug-likeness (QED) is 0.594. The Hall–Kier alpha value is -1.74. The van der Waals surface area contributed by atoms with Crippen LogP contribution in [0.15, 0.2) is 52.9 Å². The summed E-state index contributed by atoms with van der Waals surface area (Å²) in [7, 11) is -4.94. The van der Waals surface area contributed by atoms with E-state index in [0.29, 0.717) is 0 Å². The lowest BCUT2D eigenvalue weighted by Crippen LogP contribution is -2.68. The number of halogens is 1. The Labute approximate surface area is 125 Å². The number of hydrogen-bond acceptors (Lipinski definition) is 6. The highest BCUT2D eigenvalue weighted by atomic mass is 35.7. The van der Waals surface area contributed by atoms with E-state index < -0.39 is 10.2 Å². The van der Waals surface area contributed by atoms with Crippen LogP contribution in [-0.4, -0.2) is 5.11 Å². The Morgan fingerprint density at radius 3 is 2.19 bits per heavy atom. The van der Waals surface area contributed by atoms with Crippen molar-refractivity contribution in [3.8, 4) is 16.4 Å². The Kier molecular flexibility index (Phi) is 4.73. The SMILES string of the molecule is Oc1ccc2[o+]c(-c3ccccc3)sc2c1.[O-][Cl+3]([O-])([O-])[O-]. The number of phenols is 1. The minimum Gasteiger partial charge on any atom is -0.508 e. The topological polar surface area (TPSA) is 124 Å². The van der Waals surface area contributed by atoms with Crippen LogP contribution in [0.2, 0.25) is 0 Å². The van der Waals surface area contributed by atoms with Gasteiger partial charge in [-0.25, -0.2) is 18.6 Å². The molecule has 3 aromatic rings. The maximum Gasteiger partial charge on any atom is 0.418 e. The molecule has 0 unspecified atom stereocenters. The number of aromatic hydroxyl groups is 1. The van der Waals surface area contributed by atoms with Gasteiger partial charge < -0.3 is 5.11 Å². The summed E-state index contributed by atoms with van der Waals surface area (Å²) in [6.45, 7) is 0. The zero-order chi connectivity index (χ0) is 15.5. The predicted molar refractivity (Wildman–Crippen MR) is 65.6 cm³/mol. The molecule has 1 heterocycles. The summed E-state index contributed by atoms with van der Waals surface area (Å²) in [6, 6.07) is 15.1. The lowest BCUT2D eigenvalue weighted by Gasteiger charge is -2.17. The van der Waals surface area contributed by atoms with Gasteiger partial charge in [0.1, 0.15) is 10.4 Å². The molecule has 8 heteroatoms. The fraction of sp³-hybridized carbons (Fsp3) is 0. The third-order valence-corrected chi connectivity index (χ3v) is 3.39. The molecule has 1 aromatic heterocycles. The van der Waals surface area contributed by atoms with E-state index in [-0.39, 0.29) is 5.75 Å². The molecule has 3 rings (SSSR count). The summed E-state index contributed by atoms with van der Waals surface area (Å²) in [5.41, 5.74) is 1.87. The van der Waals surface area contributed by atoms with Gasteiger partial charge in [0, 0.05) is 12.1 Å². The van der Waals surface area contributed by atoms with Crippen LogP contribution in [0.3, 0.4) is 0 Å². The molecule has 0 spiro atoms. The molecular weight excluding hydrogens is 320 g/mol. The van der Waals surface area contributed by atoms with Crippen LogP contribution in [0.4, 0.5) is 0 Å². The molecule has 21 heavy (non-hydrogen) atoms. The largest absolute Gasteiger partial charge is 0.508 e. The van der Waals surface area contributed by atoms with Gasteiger partial charge in [0.25, 0.3) is 0 Å². The molecular formula is C13H9ClO6S. The van der Waals surface area contributed by atoms with Crippen molar-refractivity contribution in [3.63, 3.8) is 0 Å². The number of benzene rings is 2. The van der Waals surface area contributed by atoms with E-state index >= 15 is 0 Å². The molecule has 1 N–H and O–H groups in total. The number of hydrogen-bond donors (Lipinski definition) is 1. The van der Waals surface area contributed by atoms with Crippen LogP contribution in [0.5, 0.6) is 5.75 Å². The molecule has 0 fully saturated rings. The van der Waals surface area contributed by atoms with Gasteiger partial charge >= 0.3 is 10.7 Å². The van der Waals surface area contributed by atoms with Gasteiger partial charge in [-0.3, -0.25) is 0 Å². The average Bonchev–Trinajstić information content (AvgIpc) is 2.81. The predicted octanol–water partition coefficient (Wildman–Crippen LogP) is -0.608. The third kappa shape index (κ3) is 4.94. The summed E-state index contributed by atoms with van der Waals surface area (Å²) < 4.78 is 40.6. The van der Waals surface area contributed by atoms with Gasteiger partial charge in [0.15, 0.2) is 0 Å². The van der Waals surface area contributed by atoms with Crippen molar-refractivity contribution in [2.75, 3.05) is 0 Å². The van der Waals surface area contributed by atoms with E-state index in [0.717, 1.165) is 20.9 Å². The second-order valence-electron chi connectivity index (χ2n) is 3.87. The molecule has 0 bridgehead atoms. The average molecular weight is 329 g/mol. The Bertz CT molecular complexity index is 716. The Morgan fingerprint density at radius 2 is 1.57 bits per heavy atom. The van der Waals surface area contributed by atoms with Gasteiger partial charge in [0.05, 0.1) is 5.56 Å². The summed E-state index contributed by atoms with van der Waals surface area (Å²) in [5.74, 6) is 0.268. The van der Waals surface area contributed by atoms with Gasteiger partial charge in [-0.2, -0.15) is 4.42 Å². The highest BCUT2D eigenvalue weighted by Gasteiger charge is 2.19. The Morgan fingerprint density at radius 1 is 0.952 bits per heavy atom. The molecule has 0 atom stereocenters. The first-order chi connectivity index (χ1) is 9.83. The fourth-order valence-corrected chi connectivity index (χ4v) is 2.55. The molecule has 110 valence electrons. The van der Waals surface area contributed by atoms with E-state index in [1.54, 1.807) is 18.2 Å². The molecule has 0 aliphatic rings. The molecule has 0 aliphatic heterocycles. The monoisotopic (exact) mass is 328 g/mol. The van der Waals surface area contributed by atoms with Crippen LogP contribution >= 0.6 is 11.3 Å². The molecule has 0 saturated heterocycles. The van der Waals surface area contributed by atoms with Crippen molar-refractivity contribution in [3.05, 3.63) is 48.5 Å². The van der Waals surface area contributed by atoms with Crippen molar-refractivity contribution in [1.82, 2.24) is 0 Å². The first-order valence-corrected chi connectivity index (χ1v) is 7.61. The molecule has 0 amide bonds. The lowest BCUT2D eigenvalue weighted by molar-refractivity contribution is -2.00. The van der Waals surface area contributed by atoms with Gasteiger partial charge in [-0.15, -0.1) is 10.2 Å². The number of rotatable bonds is 1. The molecule has 0 saturated carbocycles. The Balaban J connectivity index is 0.000000282. The van der Waals surface area contributed by atoms with E-state index in [2.05, 4.69) is 0 Å². The van der Waals surface area contributed by atoms with Crippen LogP contribution in [0, 0.1) is 10.2 Å². The normalized spacial score (nSPS) is 11.0. The zero-order valence-corrected chi connectivity index (χ0v) is 12.0. The summed E-state index contributed by atoms with van der Waals surface area (Å²) in [6.07, 6.45) is 0. The molecule has 6 nitrogen and oxygen atoms in total. The van der Waals surface area contributed by atoms with Crippen molar-refractivity contribution in [2.24, 2.45) is 0 Å². The summed E-state index contributed by atoms with van der Waals surface area (Å²) >= 11 is 1.54. The van der Waals surface area contributed by atoms with Gasteiger partial charge in [-0.05, 0) is 29.5 Å². The zero-order valence-electron chi connectivity index (χ0n) is 10.4. The maximum atomic E-state index is 9.38. The van der Waals surface area contributed by atoms with Gasteiger partial charge in [0.2, 0.25) is 0 Å². The van der Waals surface area contributed by atoms with E-state index in [9.17, 15) is 5.11 Å². The van der Waals surface area contributed by atoms with Crippen molar-refractivity contribution >= 4 is 21.6 Å². The van der Waals surface area contributed by atoms with Crippen molar-refractivity contribution in [2.45, 2.75) is 0 Å². The highest BCUT2D eigenvalue weighted by molar-refractivity contribution is 7.21. The minimum absolute atomic E-state index is 0.268. The summed E-state index contributed by atoms with van der Waals surface area (Å²) in [4.78, 5) is 0. The summed E-state index contributed by atoms with van der Waals surface area (Å²) in [5, 5.41) is 10.2. The molecule has 0 radical (unpaired) electrons. The van der Waals surface area contributed by atoms with Crippen LogP contribution in [0.25, 0.3) is 20.9 Å². The first-order valence-electron chi connectivity index (χ1n) is 5.56. The first kappa shape index (κ1) is 15.6.